The lowest BCUT2D eigenvalue weighted by atomic mass is 9.87. The van der Waals surface area contributed by atoms with E-state index in [1.165, 1.54) is 37.1 Å². The Morgan fingerprint density at radius 2 is 2.03 bits per heavy atom. The maximum Gasteiger partial charge on any atom is 0.257 e. The van der Waals surface area contributed by atoms with E-state index in [1.54, 1.807) is 17.6 Å². The van der Waals surface area contributed by atoms with Gasteiger partial charge in [0.15, 0.2) is 0 Å². The van der Waals surface area contributed by atoms with Gasteiger partial charge < -0.3 is 10.2 Å². The molecule has 2 aromatic rings. The highest BCUT2D eigenvalue weighted by atomic mass is 32.1. The Kier molecular flexibility index (Phi) is 7.19. The van der Waals surface area contributed by atoms with Gasteiger partial charge in [-0.1, -0.05) is 38.2 Å². The molecule has 3 heterocycles. The average molecular weight is 443 g/mol. The molecule has 8 heteroatoms. The molecule has 1 fully saturated rings. The summed E-state index contributed by atoms with van der Waals surface area (Å²) in [6.45, 7) is 0.896. The lowest BCUT2D eigenvalue weighted by molar-refractivity contribution is -0.135. The van der Waals surface area contributed by atoms with Crippen LogP contribution in [0.5, 0.6) is 0 Å². The SMILES string of the molecule is NC(=O)CN(CCC1CCCCC1)CC(=O)N1N=C(c2cccs2)CC1c1ccco1. The van der Waals surface area contributed by atoms with Gasteiger partial charge in [0.1, 0.15) is 11.8 Å². The van der Waals surface area contributed by atoms with E-state index in [1.807, 2.05) is 34.5 Å². The average Bonchev–Trinajstić information content (AvgIpc) is 3.53. The van der Waals surface area contributed by atoms with Crippen LogP contribution in [-0.4, -0.2) is 47.1 Å². The first-order valence-electron chi connectivity index (χ1n) is 11.1. The number of thiophene rings is 1. The fraction of sp³-hybridized carbons (Fsp3) is 0.522. The third kappa shape index (κ3) is 5.62. The molecule has 4 rings (SSSR count). The fourth-order valence-corrected chi connectivity index (χ4v) is 5.29. The standard InChI is InChI=1S/C23H30N4O3S/c24-22(28)15-26(11-10-17-6-2-1-3-7-17)16-23(29)27-19(20-8-4-12-30-20)14-18(25-27)21-9-5-13-31-21/h4-5,8-9,12-13,17,19H,1-3,6-7,10-11,14-16H2,(H2,24,28). The van der Waals surface area contributed by atoms with E-state index in [2.05, 4.69) is 5.10 Å². The van der Waals surface area contributed by atoms with Crippen molar-refractivity contribution in [2.45, 2.75) is 51.0 Å². The second kappa shape index (κ2) is 10.2. The normalized spacial score (nSPS) is 19.7. The molecule has 1 aliphatic carbocycles. The van der Waals surface area contributed by atoms with Crippen molar-refractivity contribution in [3.8, 4) is 0 Å². The molecule has 0 aromatic carbocycles. The van der Waals surface area contributed by atoms with Crippen LogP contribution in [0.4, 0.5) is 0 Å². The van der Waals surface area contributed by atoms with Crippen LogP contribution < -0.4 is 5.73 Å². The number of amides is 2. The number of hydrazone groups is 1. The lowest BCUT2D eigenvalue weighted by Gasteiger charge is -2.27. The van der Waals surface area contributed by atoms with Crippen molar-refractivity contribution in [2.75, 3.05) is 19.6 Å². The van der Waals surface area contributed by atoms with E-state index >= 15 is 0 Å². The molecule has 0 bridgehead atoms. The number of nitrogens with zero attached hydrogens (tertiary/aromatic N) is 3. The molecular formula is C23H30N4O3S. The van der Waals surface area contributed by atoms with Crippen molar-refractivity contribution < 1.29 is 14.0 Å². The van der Waals surface area contributed by atoms with Crippen molar-refractivity contribution >= 4 is 28.9 Å². The quantitative estimate of drug-likeness (QED) is 0.640. The molecule has 166 valence electrons. The third-order valence-electron chi connectivity index (χ3n) is 6.16. The van der Waals surface area contributed by atoms with Crippen LogP contribution in [0.15, 0.2) is 45.4 Å². The number of primary amides is 1. The Hall–Kier alpha value is -2.45. The van der Waals surface area contributed by atoms with Gasteiger partial charge in [-0.2, -0.15) is 5.10 Å². The molecule has 2 aliphatic rings. The van der Waals surface area contributed by atoms with Crippen LogP contribution in [0.3, 0.4) is 0 Å². The van der Waals surface area contributed by atoms with Gasteiger partial charge in [-0.3, -0.25) is 14.5 Å². The molecule has 0 saturated heterocycles. The van der Waals surface area contributed by atoms with Gasteiger partial charge in [0.05, 0.1) is 29.9 Å². The topological polar surface area (TPSA) is 92.1 Å². The minimum atomic E-state index is -0.414. The van der Waals surface area contributed by atoms with Crippen molar-refractivity contribution in [1.29, 1.82) is 0 Å². The molecule has 1 saturated carbocycles. The van der Waals surface area contributed by atoms with Crippen molar-refractivity contribution in [1.82, 2.24) is 9.91 Å². The second-order valence-corrected chi connectivity index (χ2v) is 9.42. The smallest absolute Gasteiger partial charge is 0.257 e. The van der Waals surface area contributed by atoms with E-state index in [-0.39, 0.29) is 25.0 Å². The maximum atomic E-state index is 13.3. The number of nitrogens with two attached hydrogens (primary N) is 1. The Morgan fingerprint density at radius 1 is 1.19 bits per heavy atom. The maximum absolute atomic E-state index is 13.3. The van der Waals surface area contributed by atoms with Crippen LogP contribution in [0, 0.1) is 5.92 Å². The first-order chi connectivity index (χ1) is 15.1. The zero-order valence-corrected chi connectivity index (χ0v) is 18.6. The number of furan rings is 1. The monoisotopic (exact) mass is 442 g/mol. The number of carbonyl (C=O) groups excluding carboxylic acids is 2. The van der Waals surface area contributed by atoms with Gasteiger partial charge in [-0.25, -0.2) is 5.01 Å². The summed E-state index contributed by atoms with van der Waals surface area (Å²) in [5.74, 6) is 0.832. The van der Waals surface area contributed by atoms with Crippen molar-refractivity contribution in [3.05, 3.63) is 46.5 Å². The molecule has 0 spiro atoms. The number of carbonyl (C=O) groups is 2. The zero-order chi connectivity index (χ0) is 21.6. The summed E-state index contributed by atoms with van der Waals surface area (Å²) in [6.07, 6.45) is 9.55. The van der Waals surface area contributed by atoms with Gasteiger partial charge in [0.25, 0.3) is 5.91 Å². The predicted octanol–water partition coefficient (Wildman–Crippen LogP) is 3.78. The lowest BCUT2D eigenvalue weighted by Crippen LogP contribution is -2.42. The molecule has 31 heavy (non-hydrogen) atoms. The summed E-state index contributed by atoms with van der Waals surface area (Å²) in [5, 5.41) is 8.19. The largest absolute Gasteiger partial charge is 0.467 e. The summed E-state index contributed by atoms with van der Waals surface area (Å²) in [5.41, 5.74) is 6.36. The minimum Gasteiger partial charge on any atom is -0.467 e. The minimum absolute atomic E-state index is 0.0826. The van der Waals surface area contributed by atoms with Gasteiger partial charge in [-0.15, -0.1) is 11.3 Å². The number of hydrogen-bond donors (Lipinski definition) is 1. The van der Waals surface area contributed by atoms with Crippen LogP contribution in [-0.2, 0) is 9.59 Å². The summed E-state index contributed by atoms with van der Waals surface area (Å²) in [7, 11) is 0. The highest BCUT2D eigenvalue weighted by Gasteiger charge is 2.35. The molecule has 0 radical (unpaired) electrons. The number of hydrogen-bond acceptors (Lipinski definition) is 6. The van der Waals surface area contributed by atoms with Crippen LogP contribution >= 0.6 is 11.3 Å². The molecule has 7 nitrogen and oxygen atoms in total. The van der Waals surface area contributed by atoms with Gasteiger partial charge in [-0.05, 0) is 42.5 Å². The predicted molar refractivity (Wildman–Crippen MR) is 121 cm³/mol. The van der Waals surface area contributed by atoms with Gasteiger partial charge >= 0.3 is 0 Å². The molecule has 1 aliphatic heterocycles. The first-order valence-corrected chi connectivity index (χ1v) is 12.0. The van der Waals surface area contributed by atoms with E-state index in [0.717, 1.165) is 17.0 Å². The molecule has 2 aromatic heterocycles. The van der Waals surface area contributed by atoms with E-state index in [4.69, 9.17) is 10.2 Å². The van der Waals surface area contributed by atoms with E-state index in [9.17, 15) is 9.59 Å². The molecule has 2 amide bonds. The summed E-state index contributed by atoms with van der Waals surface area (Å²) >= 11 is 1.61. The van der Waals surface area contributed by atoms with E-state index < -0.39 is 5.91 Å². The highest BCUT2D eigenvalue weighted by Crippen LogP contribution is 2.34. The fourth-order valence-electron chi connectivity index (χ4n) is 4.57. The highest BCUT2D eigenvalue weighted by molar-refractivity contribution is 7.12. The Bertz CT molecular complexity index is 888. The van der Waals surface area contributed by atoms with Crippen LogP contribution in [0.2, 0.25) is 0 Å². The Morgan fingerprint density at radius 3 is 2.71 bits per heavy atom. The van der Waals surface area contributed by atoms with Crippen LogP contribution in [0.25, 0.3) is 0 Å². The molecule has 2 N–H and O–H groups in total. The summed E-state index contributed by atoms with van der Waals surface area (Å²) < 4.78 is 5.61. The van der Waals surface area contributed by atoms with Crippen molar-refractivity contribution in [3.63, 3.8) is 0 Å². The first kappa shape index (κ1) is 21.8. The Labute approximate surface area is 186 Å². The zero-order valence-electron chi connectivity index (χ0n) is 17.7. The molecule has 1 atom stereocenters. The molecular weight excluding hydrogens is 412 g/mol. The van der Waals surface area contributed by atoms with Gasteiger partial charge in [0.2, 0.25) is 5.91 Å². The summed E-state index contributed by atoms with van der Waals surface area (Å²) in [4.78, 5) is 27.9. The third-order valence-corrected chi connectivity index (χ3v) is 7.08. The second-order valence-electron chi connectivity index (χ2n) is 8.47. The summed E-state index contributed by atoms with van der Waals surface area (Å²) in [6, 6.07) is 7.43. The Balaban J connectivity index is 1.46. The van der Waals surface area contributed by atoms with Crippen molar-refractivity contribution in [2.24, 2.45) is 16.8 Å². The van der Waals surface area contributed by atoms with E-state index in [0.29, 0.717) is 24.6 Å². The number of rotatable bonds is 9. The van der Waals surface area contributed by atoms with Gasteiger partial charge in [0, 0.05) is 6.42 Å². The molecule has 1 unspecified atom stereocenters. The van der Waals surface area contributed by atoms with Crippen LogP contribution in [0.1, 0.15) is 61.6 Å².